The minimum atomic E-state index is 0.684. The molecule has 0 aliphatic heterocycles. The van der Waals surface area contributed by atoms with Gasteiger partial charge in [-0.15, -0.1) is 0 Å². The van der Waals surface area contributed by atoms with Gasteiger partial charge in [0, 0.05) is 12.1 Å². The van der Waals surface area contributed by atoms with Crippen LogP contribution in [0.1, 0.15) is 28.7 Å². The Bertz CT molecular complexity index is 1160. The molecule has 0 aliphatic rings. The Kier molecular flexibility index (Phi) is 5.39. The van der Waals surface area contributed by atoms with Gasteiger partial charge in [0.15, 0.2) is 0 Å². The number of rotatable bonds is 6. The molecule has 148 valence electrons. The molecule has 3 aromatic carbocycles. The maximum Gasteiger partial charge on any atom is 0.141 e. The molecule has 0 amide bonds. The third kappa shape index (κ3) is 4.04. The highest BCUT2D eigenvalue weighted by atomic mass is 16.5. The zero-order chi connectivity index (χ0) is 20.4. The van der Waals surface area contributed by atoms with Gasteiger partial charge in [-0.1, -0.05) is 48.0 Å². The average Bonchev–Trinajstić information content (AvgIpc) is 3.06. The summed E-state index contributed by atoms with van der Waals surface area (Å²) >= 11 is 0. The molecule has 1 aromatic heterocycles. The number of imidazole rings is 1. The van der Waals surface area contributed by atoms with Crippen LogP contribution < -0.4 is 4.74 Å². The van der Waals surface area contributed by atoms with Crippen LogP contribution in [-0.2, 0) is 6.54 Å². The van der Waals surface area contributed by atoms with E-state index in [4.69, 9.17) is 9.72 Å². The molecule has 3 heteroatoms. The van der Waals surface area contributed by atoms with Gasteiger partial charge in [-0.05, 0) is 69.0 Å². The van der Waals surface area contributed by atoms with Gasteiger partial charge in [-0.25, -0.2) is 4.98 Å². The number of para-hydroxylation sites is 2. The van der Waals surface area contributed by atoms with Crippen LogP contribution in [-0.4, -0.2) is 16.2 Å². The van der Waals surface area contributed by atoms with E-state index in [1.54, 1.807) is 0 Å². The first-order chi connectivity index (χ1) is 14.0. The molecular weight excluding hydrogens is 356 g/mol. The van der Waals surface area contributed by atoms with E-state index in [0.717, 1.165) is 30.1 Å². The van der Waals surface area contributed by atoms with Crippen molar-refractivity contribution >= 4 is 11.0 Å². The molecule has 0 fully saturated rings. The fourth-order valence-electron chi connectivity index (χ4n) is 3.84. The third-order valence-electron chi connectivity index (χ3n) is 5.40. The lowest BCUT2D eigenvalue weighted by Gasteiger charge is -2.13. The largest absolute Gasteiger partial charge is 0.493 e. The van der Waals surface area contributed by atoms with E-state index >= 15 is 0 Å². The molecule has 0 saturated heterocycles. The number of ether oxygens (including phenoxy) is 1. The fraction of sp³-hybridized carbons (Fsp3) is 0.269. The Morgan fingerprint density at radius 2 is 1.59 bits per heavy atom. The maximum absolute atomic E-state index is 6.08. The number of aryl methyl sites for hydroxylation is 5. The van der Waals surface area contributed by atoms with Crippen LogP contribution in [0.2, 0.25) is 0 Å². The Labute approximate surface area is 173 Å². The summed E-state index contributed by atoms with van der Waals surface area (Å²) in [5.41, 5.74) is 8.35. The third-order valence-corrected chi connectivity index (χ3v) is 5.40. The smallest absolute Gasteiger partial charge is 0.141 e. The zero-order valence-corrected chi connectivity index (χ0v) is 17.7. The van der Waals surface area contributed by atoms with E-state index in [0.29, 0.717) is 6.61 Å². The van der Waals surface area contributed by atoms with Crippen molar-refractivity contribution in [3.63, 3.8) is 0 Å². The molecule has 0 spiro atoms. The molecule has 1 heterocycles. The van der Waals surface area contributed by atoms with Crippen LogP contribution >= 0.6 is 0 Å². The van der Waals surface area contributed by atoms with Crippen LogP contribution in [0, 0.1) is 27.7 Å². The first-order valence-electron chi connectivity index (χ1n) is 10.3. The molecule has 0 saturated carbocycles. The van der Waals surface area contributed by atoms with Gasteiger partial charge >= 0.3 is 0 Å². The topological polar surface area (TPSA) is 27.1 Å². The number of benzene rings is 3. The fourth-order valence-corrected chi connectivity index (χ4v) is 3.84. The summed E-state index contributed by atoms with van der Waals surface area (Å²) in [6, 6.07) is 21.3. The Balaban J connectivity index is 1.58. The van der Waals surface area contributed by atoms with Crippen LogP contribution in [0.25, 0.3) is 22.4 Å². The van der Waals surface area contributed by atoms with Gasteiger partial charge < -0.3 is 9.30 Å². The molecule has 4 rings (SSSR count). The molecular formula is C26H28N2O. The minimum absolute atomic E-state index is 0.684. The first kappa shape index (κ1) is 19.3. The lowest BCUT2D eigenvalue weighted by Crippen LogP contribution is -2.07. The van der Waals surface area contributed by atoms with Crippen molar-refractivity contribution in [3.8, 4) is 17.1 Å². The molecule has 0 atom stereocenters. The molecule has 0 aliphatic carbocycles. The van der Waals surface area contributed by atoms with Crippen molar-refractivity contribution in [1.29, 1.82) is 0 Å². The molecule has 29 heavy (non-hydrogen) atoms. The summed E-state index contributed by atoms with van der Waals surface area (Å²) in [6.07, 6.45) is 0.922. The van der Waals surface area contributed by atoms with Gasteiger partial charge in [0.1, 0.15) is 11.6 Å². The average molecular weight is 385 g/mol. The van der Waals surface area contributed by atoms with E-state index in [2.05, 4.69) is 92.9 Å². The van der Waals surface area contributed by atoms with Crippen molar-refractivity contribution in [1.82, 2.24) is 9.55 Å². The second-order valence-electron chi connectivity index (χ2n) is 7.87. The first-order valence-corrected chi connectivity index (χ1v) is 10.3. The zero-order valence-electron chi connectivity index (χ0n) is 17.7. The second kappa shape index (κ2) is 8.12. The van der Waals surface area contributed by atoms with Gasteiger partial charge in [-0.3, -0.25) is 0 Å². The number of nitrogens with zero attached hydrogens (tertiary/aromatic N) is 2. The second-order valence-corrected chi connectivity index (χ2v) is 7.87. The minimum Gasteiger partial charge on any atom is -0.493 e. The van der Waals surface area contributed by atoms with Crippen LogP contribution in [0.4, 0.5) is 0 Å². The van der Waals surface area contributed by atoms with Crippen molar-refractivity contribution in [2.24, 2.45) is 0 Å². The predicted molar refractivity (Wildman–Crippen MR) is 121 cm³/mol. The number of fused-ring (bicyclic) bond motifs is 1. The number of hydrogen-bond donors (Lipinski definition) is 0. The lowest BCUT2D eigenvalue weighted by atomic mass is 10.1. The highest BCUT2D eigenvalue weighted by Gasteiger charge is 2.14. The van der Waals surface area contributed by atoms with Gasteiger partial charge in [-0.2, -0.15) is 0 Å². The van der Waals surface area contributed by atoms with Crippen molar-refractivity contribution in [3.05, 3.63) is 82.9 Å². The number of hydrogen-bond acceptors (Lipinski definition) is 2. The van der Waals surface area contributed by atoms with E-state index in [9.17, 15) is 0 Å². The normalized spacial score (nSPS) is 11.2. The monoisotopic (exact) mass is 384 g/mol. The summed E-state index contributed by atoms with van der Waals surface area (Å²) < 4.78 is 8.41. The molecule has 0 bridgehead atoms. The van der Waals surface area contributed by atoms with E-state index in [1.807, 2.05) is 0 Å². The van der Waals surface area contributed by atoms with Crippen LogP contribution in [0.3, 0.4) is 0 Å². The van der Waals surface area contributed by atoms with Crippen molar-refractivity contribution in [2.75, 3.05) is 6.61 Å². The Morgan fingerprint density at radius 3 is 2.41 bits per heavy atom. The highest BCUT2D eigenvalue weighted by Crippen LogP contribution is 2.28. The Morgan fingerprint density at radius 1 is 0.828 bits per heavy atom. The Hall–Kier alpha value is -3.07. The van der Waals surface area contributed by atoms with Crippen LogP contribution in [0.5, 0.6) is 5.75 Å². The molecule has 0 unspecified atom stereocenters. The van der Waals surface area contributed by atoms with E-state index < -0.39 is 0 Å². The molecule has 4 aromatic rings. The van der Waals surface area contributed by atoms with Gasteiger partial charge in [0.05, 0.1) is 17.6 Å². The predicted octanol–water partition coefficient (Wildman–Crippen LogP) is 6.41. The standard InChI is InChI=1S/C26H28N2O/c1-18-11-13-22(21(4)16-18)26-27-23-8-5-6-9-24(23)28(26)14-7-15-29-25-17-19(2)10-12-20(25)3/h5-6,8-13,16-17H,7,14-15H2,1-4H3. The maximum atomic E-state index is 6.08. The SMILES string of the molecule is Cc1ccc(-c2nc3ccccc3n2CCCOc2cc(C)ccc2C)c(C)c1. The van der Waals surface area contributed by atoms with Gasteiger partial charge in [0.2, 0.25) is 0 Å². The summed E-state index contributed by atoms with van der Waals surface area (Å²) in [5.74, 6) is 2.02. The van der Waals surface area contributed by atoms with Crippen molar-refractivity contribution < 1.29 is 4.74 Å². The quantitative estimate of drug-likeness (QED) is 0.359. The summed E-state index contributed by atoms with van der Waals surface area (Å²) in [5, 5.41) is 0. The molecule has 0 N–H and O–H groups in total. The lowest BCUT2D eigenvalue weighted by molar-refractivity contribution is 0.301. The molecule has 3 nitrogen and oxygen atoms in total. The van der Waals surface area contributed by atoms with E-state index in [-0.39, 0.29) is 0 Å². The van der Waals surface area contributed by atoms with E-state index in [1.165, 1.54) is 33.3 Å². The van der Waals surface area contributed by atoms with Crippen molar-refractivity contribution in [2.45, 2.75) is 40.7 Å². The molecule has 0 radical (unpaired) electrons. The van der Waals surface area contributed by atoms with Crippen LogP contribution in [0.15, 0.2) is 60.7 Å². The summed E-state index contributed by atoms with van der Waals surface area (Å²) in [7, 11) is 0. The number of aromatic nitrogens is 2. The highest BCUT2D eigenvalue weighted by molar-refractivity contribution is 5.81. The summed E-state index contributed by atoms with van der Waals surface area (Å²) in [4.78, 5) is 4.96. The van der Waals surface area contributed by atoms with Gasteiger partial charge in [0.25, 0.3) is 0 Å². The summed E-state index contributed by atoms with van der Waals surface area (Å²) in [6.45, 7) is 10.0.